The monoisotopic (exact) mass is 296 g/mol. The van der Waals surface area contributed by atoms with Crippen LogP contribution >= 0.6 is 0 Å². The van der Waals surface area contributed by atoms with E-state index in [0.717, 1.165) is 7.11 Å². The van der Waals surface area contributed by atoms with Crippen molar-refractivity contribution in [2.24, 2.45) is 0 Å². The van der Waals surface area contributed by atoms with E-state index in [1.165, 1.54) is 30.6 Å². The number of nitrogens with one attached hydrogen (secondary N) is 2. The maximum Gasteiger partial charge on any atom is 0.339 e. The summed E-state index contributed by atoms with van der Waals surface area (Å²) in [6, 6.07) is 3.85. The summed E-state index contributed by atoms with van der Waals surface area (Å²) >= 11 is 0. The molecule has 0 aliphatic carbocycles. The Morgan fingerprint density at radius 3 is 2.80 bits per heavy atom. The number of nitrogens with zero attached hydrogens (tertiary/aromatic N) is 1. The molecule has 0 aliphatic rings. The number of carbonyl (C=O) groups is 1. The minimum Gasteiger partial charge on any atom is -0.465 e. The van der Waals surface area contributed by atoms with Crippen LogP contribution < -0.4 is 10.5 Å². The van der Waals surface area contributed by atoms with Gasteiger partial charge in [0.1, 0.15) is 4.90 Å². The van der Waals surface area contributed by atoms with E-state index in [-0.39, 0.29) is 22.1 Å². The average Bonchev–Trinajstić information content (AvgIpc) is 2.89. The highest BCUT2D eigenvalue weighted by Gasteiger charge is 2.24. The van der Waals surface area contributed by atoms with Gasteiger partial charge < -0.3 is 15.5 Å². The number of anilines is 2. The number of esters is 1. The fourth-order valence-electron chi connectivity index (χ4n) is 1.55. The smallest absolute Gasteiger partial charge is 0.339 e. The molecule has 1 aromatic heterocycles. The Bertz CT molecular complexity index is 725. The topological polar surface area (TPSA) is 127 Å². The number of aromatic nitrogens is 2. The highest BCUT2D eigenvalue weighted by atomic mass is 32.2. The van der Waals surface area contributed by atoms with Crippen LogP contribution in [0, 0.1) is 0 Å². The van der Waals surface area contributed by atoms with Gasteiger partial charge in [-0.25, -0.2) is 22.9 Å². The molecule has 0 fully saturated rings. The number of nitrogens with two attached hydrogens (primary N) is 1. The molecule has 106 valence electrons. The number of sulfonamides is 1. The van der Waals surface area contributed by atoms with Crippen LogP contribution in [-0.4, -0.2) is 31.5 Å². The highest BCUT2D eigenvalue weighted by Crippen LogP contribution is 2.21. The minimum absolute atomic E-state index is 0.0395. The van der Waals surface area contributed by atoms with Crippen LogP contribution in [0.2, 0.25) is 0 Å². The van der Waals surface area contributed by atoms with Crippen molar-refractivity contribution in [2.75, 3.05) is 17.6 Å². The van der Waals surface area contributed by atoms with Crippen molar-refractivity contribution < 1.29 is 17.9 Å². The Morgan fingerprint density at radius 2 is 2.20 bits per heavy atom. The first-order valence-corrected chi connectivity index (χ1v) is 6.92. The zero-order valence-electron chi connectivity index (χ0n) is 10.5. The number of hydrogen-bond acceptors (Lipinski definition) is 6. The van der Waals surface area contributed by atoms with Crippen molar-refractivity contribution in [2.45, 2.75) is 4.90 Å². The summed E-state index contributed by atoms with van der Waals surface area (Å²) < 4.78 is 31.2. The molecule has 0 amide bonds. The molecule has 0 saturated carbocycles. The zero-order chi connectivity index (χ0) is 14.8. The molecule has 1 aromatic carbocycles. The number of ether oxygens (including phenoxy) is 1. The van der Waals surface area contributed by atoms with Crippen molar-refractivity contribution >= 4 is 27.6 Å². The number of hydrogen-bond donors (Lipinski definition) is 3. The Hall–Kier alpha value is -2.55. The van der Waals surface area contributed by atoms with Crippen LogP contribution in [0.1, 0.15) is 10.4 Å². The lowest BCUT2D eigenvalue weighted by atomic mass is 10.2. The van der Waals surface area contributed by atoms with Crippen LogP contribution in [0.4, 0.5) is 11.6 Å². The predicted octanol–water partition coefficient (Wildman–Crippen LogP) is 0.579. The number of imidazole rings is 1. The average molecular weight is 296 g/mol. The van der Waals surface area contributed by atoms with Crippen molar-refractivity contribution in [1.29, 1.82) is 0 Å². The first-order chi connectivity index (χ1) is 9.44. The second-order valence-electron chi connectivity index (χ2n) is 3.79. The van der Waals surface area contributed by atoms with E-state index in [1.807, 2.05) is 0 Å². The van der Waals surface area contributed by atoms with Crippen LogP contribution in [0.3, 0.4) is 0 Å². The molecule has 2 aromatic rings. The van der Waals surface area contributed by atoms with Crippen molar-refractivity contribution in [1.82, 2.24) is 9.97 Å². The maximum absolute atomic E-state index is 12.2. The molecular weight excluding hydrogens is 284 g/mol. The van der Waals surface area contributed by atoms with E-state index >= 15 is 0 Å². The van der Waals surface area contributed by atoms with Gasteiger partial charge in [0, 0.05) is 18.1 Å². The number of methoxy groups -OCH3 is 1. The van der Waals surface area contributed by atoms with Gasteiger partial charge in [0.25, 0.3) is 10.0 Å². The summed E-state index contributed by atoms with van der Waals surface area (Å²) in [4.78, 5) is 17.7. The van der Waals surface area contributed by atoms with Gasteiger partial charge in [-0.05, 0) is 18.2 Å². The number of carbonyl (C=O) groups excluding carboxylic acids is 1. The predicted molar refractivity (Wildman–Crippen MR) is 71.6 cm³/mol. The summed E-state index contributed by atoms with van der Waals surface area (Å²) in [5, 5.41) is 0. The van der Waals surface area contributed by atoms with Crippen LogP contribution in [0.15, 0.2) is 35.5 Å². The minimum atomic E-state index is -3.99. The molecule has 0 radical (unpaired) electrons. The van der Waals surface area contributed by atoms with Gasteiger partial charge >= 0.3 is 5.97 Å². The fourth-order valence-corrected chi connectivity index (χ4v) is 2.71. The molecule has 0 bridgehead atoms. The third-order valence-corrected chi connectivity index (χ3v) is 3.82. The number of benzene rings is 1. The number of aromatic amines is 1. The molecule has 0 saturated heterocycles. The SMILES string of the molecule is COC(=O)c1cc(N)ccc1S(=O)(=O)Nc1ncc[nH]1. The summed E-state index contributed by atoms with van der Waals surface area (Å²) in [5.74, 6) is -0.755. The van der Waals surface area contributed by atoms with Crippen molar-refractivity contribution in [3.05, 3.63) is 36.2 Å². The fraction of sp³-hybridized carbons (Fsp3) is 0.0909. The maximum atomic E-state index is 12.2. The largest absolute Gasteiger partial charge is 0.465 e. The summed E-state index contributed by atoms with van der Waals surface area (Å²) in [6.07, 6.45) is 2.85. The third kappa shape index (κ3) is 2.72. The molecule has 8 nitrogen and oxygen atoms in total. The third-order valence-electron chi connectivity index (χ3n) is 2.43. The van der Waals surface area contributed by atoms with Crippen LogP contribution in [0.5, 0.6) is 0 Å². The van der Waals surface area contributed by atoms with E-state index in [0.29, 0.717) is 0 Å². The zero-order valence-corrected chi connectivity index (χ0v) is 11.3. The van der Waals surface area contributed by atoms with Gasteiger partial charge in [-0.1, -0.05) is 0 Å². The van der Waals surface area contributed by atoms with E-state index in [2.05, 4.69) is 19.4 Å². The second-order valence-corrected chi connectivity index (χ2v) is 5.44. The van der Waals surface area contributed by atoms with Crippen LogP contribution in [0.25, 0.3) is 0 Å². The molecule has 0 spiro atoms. The van der Waals surface area contributed by atoms with Gasteiger partial charge in [0.05, 0.1) is 12.7 Å². The molecule has 0 atom stereocenters. The summed E-state index contributed by atoms with van der Waals surface area (Å²) in [5.41, 5.74) is 5.66. The lowest BCUT2D eigenvalue weighted by Crippen LogP contribution is -2.18. The molecule has 2 rings (SSSR count). The Morgan fingerprint density at radius 1 is 1.45 bits per heavy atom. The Labute approximate surface area is 115 Å². The number of rotatable bonds is 4. The van der Waals surface area contributed by atoms with Gasteiger partial charge in [0.2, 0.25) is 5.95 Å². The van der Waals surface area contributed by atoms with E-state index < -0.39 is 16.0 Å². The Kier molecular flexibility index (Phi) is 3.61. The van der Waals surface area contributed by atoms with Crippen molar-refractivity contribution in [3.8, 4) is 0 Å². The van der Waals surface area contributed by atoms with Gasteiger partial charge in [0.15, 0.2) is 0 Å². The van der Waals surface area contributed by atoms with Gasteiger partial charge in [-0.3, -0.25) is 0 Å². The lowest BCUT2D eigenvalue weighted by Gasteiger charge is -2.10. The quantitative estimate of drug-likeness (QED) is 0.559. The number of nitrogen functional groups attached to an aromatic ring is 1. The molecule has 20 heavy (non-hydrogen) atoms. The summed E-state index contributed by atoms with van der Waals surface area (Å²) in [7, 11) is -2.83. The lowest BCUT2D eigenvalue weighted by molar-refractivity contribution is 0.0596. The van der Waals surface area contributed by atoms with E-state index in [1.54, 1.807) is 0 Å². The summed E-state index contributed by atoms with van der Waals surface area (Å²) in [6.45, 7) is 0. The van der Waals surface area contributed by atoms with Gasteiger partial charge in [-0.2, -0.15) is 0 Å². The molecular formula is C11H12N4O4S. The molecule has 0 unspecified atom stereocenters. The first kappa shape index (κ1) is 13.9. The van der Waals surface area contributed by atoms with E-state index in [9.17, 15) is 13.2 Å². The Balaban J connectivity index is 2.48. The first-order valence-electron chi connectivity index (χ1n) is 5.44. The number of H-pyrrole nitrogens is 1. The molecule has 9 heteroatoms. The molecule has 0 aliphatic heterocycles. The normalized spacial score (nSPS) is 11.1. The highest BCUT2D eigenvalue weighted by molar-refractivity contribution is 7.92. The van der Waals surface area contributed by atoms with Gasteiger partial charge in [-0.15, -0.1) is 0 Å². The van der Waals surface area contributed by atoms with Crippen molar-refractivity contribution in [3.63, 3.8) is 0 Å². The standard InChI is InChI=1S/C11H12N4O4S/c1-19-10(16)8-6-7(12)2-3-9(8)20(17,18)15-11-13-4-5-14-11/h2-6H,12H2,1H3,(H2,13,14,15). The second kappa shape index (κ2) is 5.21. The van der Waals surface area contributed by atoms with E-state index in [4.69, 9.17) is 5.73 Å². The molecule has 4 N–H and O–H groups in total. The van der Waals surface area contributed by atoms with Crippen LogP contribution in [-0.2, 0) is 14.8 Å². The molecule has 1 heterocycles.